The number of carbonyl (C=O) groups is 1. The van der Waals surface area contributed by atoms with Crippen molar-refractivity contribution in [3.63, 3.8) is 0 Å². The monoisotopic (exact) mass is 567 g/mol. The SMILES string of the molecule is CNNC(=O)[C@@]1(Cc2ccccc2Br)N=C(c2ccc(OCCCO)cc2)O[C@H]1c1cccc(OC)c1. The smallest absolute Gasteiger partial charge is 0.266 e. The van der Waals surface area contributed by atoms with Crippen LogP contribution in [0.1, 0.15) is 29.2 Å². The summed E-state index contributed by atoms with van der Waals surface area (Å²) in [6.07, 6.45) is 0.117. The standard InChI is InChI=1S/C28H30BrN3O5/c1-30-32-27(34)28(18-21-7-3-4-10-24(21)29)25(20-8-5-9-23(17-20)35-2)37-26(31-28)19-11-13-22(14-12-19)36-16-6-15-33/h3-5,7-14,17,25,30,33H,6,15-16,18H2,1-2H3,(H,32,34)/t25-,28-/m0/s1. The number of amides is 1. The minimum absolute atomic E-state index is 0.0721. The van der Waals surface area contributed by atoms with E-state index in [1.165, 1.54) is 0 Å². The van der Waals surface area contributed by atoms with Crippen molar-refractivity contribution < 1.29 is 24.1 Å². The summed E-state index contributed by atoms with van der Waals surface area (Å²) >= 11 is 3.62. The lowest BCUT2D eigenvalue weighted by Crippen LogP contribution is -2.53. The first-order valence-corrected chi connectivity index (χ1v) is 12.7. The Morgan fingerprint density at radius 2 is 1.89 bits per heavy atom. The zero-order chi connectivity index (χ0) is 26.3. The predicted molar refractivity (Wildman–Crippen MR) is 145 cm³/mol. The zero-order valence-electron chi connectivity index (χ0n) is 20.7. The largest absolute Gasteiger partial charge is 0.497 e. The van der Waals surface area contributed by atoms with Gasteiger partial charge in [-0.3, -0.25) is 10.2 Å². The molecular formula is C28H30BrN3O5. The second-order valence-corrected chi connectivity index (χ2v) is 9.39. The van der Waals surface area contributed by atoms with E-state index in [1.54, 1.807) is 14.2 Å². The molecule has 1 aliphatic heterocycles. The van der Waals surface area contributed by atoms with Gasteiger partial charge in [0, 0.05) is 36.5 Å². The molecule has 2 atom stereocenters. The third-order valence-corrected chi connectivity index (χ3v) is 6.86. The Kier molecular flexibility index (Phi) is 8.81. The van der Waals surface area contributed by atoms with Gasteiger partial charge in [0.05, 0.1) is 13.7 Å². The summed E-state index contributed by atoms with van der Waals surface area (Å²) in [5.74, 6) is 1.36. The first-order valence-electron chi connectivity index (χ1n) is 12.0. The molecule has 1 aliphatic rings. The minimum atomic E-state index is -1.31. The van der Waals surface area contributed by atoms with Crippen LogP contribution in [0.5, 0.6) is 11.5 Å². The van der Waals surface area contributed by atoms with E-state index < -0.39 is 11.6 Å². The third-order valence-electron chi connectivity index (χ3n) is 6.08. The number of carbonyl (C=O) groups excluding carboxylic acids is 1. The molecule has 0 aliphatic carbocycles. The summed E-state index contributed by atoms with van der Waals surface area (Å²) in [7, 11) is 3.24. The fourth-order valence-electron chi connectivity index (χ4n) is 4.24. The van der Waals surface area contributed by atoms with Crippen molar-refractivity contribution in [2.75, 3.05) is 27.4 Å². The maximum Gasteiger partial charge on any atom is 0.266 e. The molecule has 0 saturated carbocycles. The number of halogens is 1. The average molecular weight is 568 g/mol. The van der Waals surface area contributed by atoms with Crippen molar-refractivity contribution in [3.8, 4) is 11.5 Å². The molecule has 0 aromatic heterocycles. The summed E-state index contributed by atoms with van der Waals surface area (Å²) in [4.78, 5) is 18.7. The average Bonchev–Trinajstić information content (AvgIpc) is 3.31. The van der Waals surface area contributed by atoms with Gasteiger partial charge in [-0.15, -0.1) is 0 Å². The van der Waals surface area contributed by atoms with Crippen LogP contribution in [-0.2, 0) is 16.0 Å². The van der Waals surface area contributed by atoms with Crippen LogP contribution in [0.2, 0.25) is 0 Å². The van der Waals surface area contributed by atoms with Gasteiger partial charge in [-0.05, 0) is 53.6 Å². The normalized spacial score (nSPS) is 18.6. The maximum absolute atomic E-state index is 13.8. The molecule has 194 valence electrons. The lowest BCUT2D eigenvalue weighted by Gasteiger charge is -2.31. The Morgan fingerprint density at radius 3 is 2.59 bits per heavy atom. The molecule has 4 rings (SSSR count). The highest BCUT2D eigenvalue weighted by atomic mass is 79.9. The summed E-state index contributed by atoms with van der Waals surface area (Å²) in [6.45, 7) is 0.493. The molecule has 3 aromatic carbocycles. The van der Waals surface area contributed by atoms with Gasteiger partial charge in [-0.2, -0.15) is 0 Å². The van der Waals surface area contributed by atoms with Crippen LogP contribution in [0, 0.1) is 0 Å². The van der Waals surface area contributed by atoms with E-state index in [0.29, 0.717) is 36.0 Å². The number of hydrogen-bond donors (Lipinski definition) is 3. The lowest BCUT2D eigenvalue weighted by atomic mass is 9.82. The van der Waals surface area contributed by atoms with Gasteiger partial charge in [0.2, 0.25) is 5.90 Å². The molecule has 0 spiro atoms. The number of ether oxygens (including phenoxy) is 3. The van der Waals surface area contributed by atoms with Crippen molar-refractivity contribution in [1.29, 1.82) is 0 Å². The molecular weight excluding hydrogens is 538 g/mol. The number of aliphatic hydroxyl groups excluding tert-OH is 1. The highest BCUT2D eigenvalue weighted by Gasteiger charge is 2.53. The van der Waals surface area contributed by atoms with Crippen molar-refractivity contribution in [2.45, 2.75) is 24.5 Å². The molecule has 3 aromatic rings. The van der Waals surface area contributed by atoms with Gasteiger partial charge in [0.1, 0.15) is 11.5 Å². The Morgan fingerprint density at radius 1 is 1.11 bits per heavy atom. The molecule has 0 radical (unpaired) electrons. The van der Waals surface area contributed by atoms with Crippen LogP contribution in [0.4, 0.5) is 0 Å². The second-order valence-electron chi connectivity index (χ2n) is 8.54. The number of benzene rings is 3. The minimum Gasteiger partial charge on any atom is -0.497 e. The van der Waals surface area contributed by atoms with E-state index in [2.05, 4.69) is 26.8 Å². The van der Waals surface area contributed by atoms with Crippen LogP contribution in [0.25, 0.3) is 0 Å². The number of aliphatic imine (C=N–C) groups is 1. The summed E-state index contributed by atoms with van der Waals surface area (Å²) < 4.78 is 18.5. The molecule has 3 N–H and O–H groups in total. The van der Waals surface area contributed by atoms with Crippen molar-refractivity contribution in [1.82, 2.24) is 10.9 Å². The highest BCUT2D eigenvalue weighted by molar-refractivity contribution is 9.10. The lowest BCUT2D eigenvalue weighted by molar-refractivity contribution is -0.129. The number of nitrogens with zero attached hydrogens (tertiary/aromatic N) is 1. The molecule has 0 bridgehead atoms. The van der Waals surface area contributed by atoms with E-state index in [9.17, 15) is 4.79 Å². The topological polar surface area (TPSA) is 101 Å². The molecule has 1 heterocycles. The van der Waals surface area contributed by atoms with E-state index in [4.69, 9.17) is 24.3 Å². The second kappa shape index (κ2) is 12.2. The number of nitrogens with one attached hydrogen (secondary N) is 2. The van der Waals surface area contributed by atoms with Gasteiger partial charge >= 0.3 is 0 Å². The highest BCUT2D eigenvalue weighted by Crippen LogP contribution is 2.44. The van der Waals surface area contributed by atoms with Crippen LogP contribution in [-0.4, -0.2) is 49.8 Å². The molecule has 9 heteroatoms. The van der Waals surface area contributed by atoms with Crippen molar-refractivity contribution in [2.24, 2.45) is 4.99 Å². The first-order chi connectivity index (χ1) is 18.0. The van der Waals surface area contributed by atoms with Crippen molar-refractivity contribution >= 4 is 27.7 Å². The fraction of sp³-hybridized carbons (Fsp3) is 0.286. The van der Waals surface area contributed by atoms with Gasteiger partial charge in [-0.25, -0.2) is 10.4 Å². The van der Waals surface area contributed by atoms with Gasteiger partial charge in [-0.1, -0.05) is 46.3 Å². The van der Waals surface area contributed by atoms with Crippen molar-refractivity contribution in [3.05, 3.63) is 94.0 Å². The number of methoxy groups -OCH3 is 1. The third kappa shape index (κ3) is 5.95. The summed E-state index contributed by atoms with van der Waals surface area (Å²) in [6, 6.07) is 22.6. The van der Waals surface area contributed by atoms with Gasteiger partial charge < -0.3 is 19.3 Å². The molecule has 0 unspecified atom stereocenters. The number of hydrazine groups is 1. The number of rotatable bonds is 11. The molecule has 1 amide bonds. The quantitative estimate of drug-likeness (QED) is 0.239. The Bertz CT molecular complexity index is 1250. The Balaban J connectivity index is 1.79. The van der Waals surface area contributed by atoms with Gasteiger partial charge in [0.15, 0.2) is 11.6 Å². The molecule has 37 heavy (non-hydrogen) atoms. The first kappa shape index (κ1) is 26.7. The Labute approximate surface area is 224 Å². The Hall–Kier alpha value is -3.40. The molecule has 0 fully saturated rings. The maximum atomic E-state index is 13.8. The van der Waals surface area contributed by atoms with Crippen LogP contribution in [0.15, 0.2) is 82.3 Å². The summed E-state index contributed by atoms with van der Waals surface area (Å²) in [5.41, 5.74) is 6.58. The van der Waals surface area contributed by atoms with Crippen LogP contribution in [0.3, 0.4) is 0 Å². The van der Waals surface area contributed by atoms with E-state index in [1.807, 2.05) is 72.8 Å². The van der Waals surface area contributed by atoms with E-state index in [0.717, 1.165) is 15.6 Å². The zero-order valence-corrected chi connectivity index (χ0v) is 22.3. The van der Waals surface area contributed by atoms with E-state index >= 15 is 0 Å². The van der Waals surface area contributed by atoms with Gasteiger partial charge in [0.25, 0.3) is 5.91 Å². The van der Waals surface area contributed by atoms with E-state index in [-0.39, 0.29) is 18.9 Å². The van der Waals surface area contributed by atoms with Crippen LogP contribution >= 0.6 is 15.9 Å². The molecule has 0 saturated heterocycles. The fourth-order valence-corrected chi connectivity index (χ4v) is 4.67. The summed E-state index contributed by atoms with van der Waals surface area (Å²) in [5, 5.41) is 8.98. The molecule has 8 nitrogen and oxygen atoms in total. The predicted octanol–water partition coefficient (Wildman–Crippen LogP) is 3.97. The number of aliphatic hydroxyl groups is 1. The number of hydrogen-bond acceptors (Lipinski definition) is 7. The van der Waals surface area contributed by atoms with Crippen LogP contribution < -0.4 is 20.3 Å².